The van der Waals surface area contributed by atoms with Gasteiger partial charge in [-0.1, -0.05) is 5.16 Å². The Morgan fingerprint density at radius 1 is 1.17 bits per heavy atom. The van der Waals surface area contributed by atoms with E-state index < -0.39 is 0 Å². The van der Waals surface area contributed by atoms with Crippen LogP contribution < -0.4 is 10.2 Å². The van der Waals surface area contributed by atoms with Gasteiger partial charge in [0.25, 0.3) is 0 Å². The van der Waals surface area contributed by atoms with E-state index in [0.29, 0.717) is 0 Å². The Bertz CT molecular complexity index is 819. The fraction of sp³-hybridized carbons (Fsp3) is 0.667. The van der Waals surface area contributed by atoms with Crippen molar-refractivity contribution in [1.82, 2.24) is 25.3 Å². The Morgan fingerprint density at radius 3 is 2.67 bits per heavy atom. The molecule has 0 bridgehead atoms. The summed E-state index contributed by atoms with van der Waals surface area (Å²) in [5.74, 6) is 1.89. The molecule has 8 nitrogen and oxygen atoms in total. The van der Waals surface area contributed by atoms with Gasteiger partial charge in [-0.05, 0) is 26.7 Å². The molecule has 2 aromatic heterocycles. The number of nitrogens with zero attached hydrogens (tertiary/aromatic N) is 6. The zero-order valence-corrected chi connectivity index (χ0v) is 19.0. The van der Waals surface area contributed by atoms with Crippen molar-refractivity contribution in [2.45, 2.75) is 39.7 Å². The average molecular weight is 432 g/mol. The van der Waals surface area contributed by atoms with Crippen LogP contribution in [0.4, 0.5) is 5.13 Å². The van der Waals surface area contributed by atoms with E-state index in [2.05, 4.69) is 37.5 Å². The molecule has 0 spiro atoms. The van der Waals surface area contributed by atoms with Gasteiger partial charge < -0.3 is 19.6 Å². The van der Waals surface area contributed by atoms with E-state index >= 15 is 0 Å². The van der Waals surface area contributed by atoms with Crippen molar-refractivity contribution in [3.63, 3.8) is 0 Å². The van der Waals surface area contributed by atoms with Gasteiger partial charge in [-0.15, -0.1) is 11.3 Å². The molecule has 0 amide bonds. The molecule has 2 aromatic rings. The van der Waals surface area contributed by atoms with E-state index in [1.165, 1.54) is 18.0 Å². The maximum atomic E-state index is 5.19. The lowest BCUT2D eigenvalue weighted by Crippen LogP contribution is -2.52. The third-order valence-corrected chi connectivity index (χ3v) is 6.57. The molecule has 4 heterocycles. The van der Waals surface area contributed by atoms with Crippen LogP contribution in [-0.4, -0.2) is 78.3 Å². The van der Waals surface area contributed by atoms with E-state index in [0.717, 1.165) is 88.4 Å². The average Bonchev–Trinajstić information content (AvgIpc) is 3.50. The first kappa shape index (κ1) is 21.1. The van der Waals surface area contributed by atoms with Crippen molar-refractivity contribution in [2.75, 3.05) is 57.3 Å². The highest BCUT2D eigenvalue weighted by Crippen LogP contribution is 2.24. The Balaban J connectivity index is 1.26. The molecule has 2 saturated heterocycles. The van der Waals surface area contributed by atoms with Crippen molar-refractivity contribution in [3.8, 4) is 0 Å². The third-order valence-electron chi connectivity index (χ3n) is 5.61. The number of guanidine groups is 1. The zero-order valence-electron chi connectivity index (χ0n) is 18.1. The molecule has 0 atom stereocenters. The van der Waals surface area contributed by atoms with Crippen molar-refractivity contribution < 1.29 is 4.52 Å². The van der Waals surface area contributed by atoms with Gasteiger partial charge in [0, 0.05) is 76.8 Å². The maximum Gasteiger partial charge on any atom is 0.194 e. The summed E-state index contributed by atoms with van der Waals surface area (Å²) in [5.41, 5.74) is 2.17. The Morgan fingerprint density at radius 2 is 1.97 bits per heavy atom. The summed E-state index contributed by atoms with van der Waals surface area (Å²) in [6.45, 7) is 12.8. The number of rotatable bonds is 7. The summed E-state index contributed by atoms with van der Waals surface area (Å²) < 4.78 is 5.19. The number of nitrogens with one attached hydrogen (secondary N) is 1. The lowest BCUT2D eigenvalue weighted by Gasteiger charge is -2.36. The summed E-state index contributed by atoms with van der Waals surface area (Å²) in [6.07, 6.45) is 3.47. The maximum absolute atomic E-state index is 5.19. The molecule has 1 N–H and O–H groups in total. The first-order chi connectivity index (χ1) is 14.7. The molecule has 0 aromatic carbocycles. The van der Waals surface area contributed by atoms with E-state index in [-0.39, 0.29) is 0 Å². The van der Waals surface area contributed by atoms with E-state index in [4.69, 9.17) is 14.5 Å². The number of anilines is 1. The summed E-state index contributed by atoms with van der Waals surface area (Å²) in [4.78, 5) is 16.9. The highest BCUT2D eigenvalue weighted by Gasteiger charge is 2.20. The molecule has 2 aliphatic rings. The van der Waals surface area contributed by atoms with Crippen LogP contribution in [0.1, 0.15) is 36.9 Å². The van der Waals surface area contributed by atoms with E-state index in [9.17, 15) is 0 Å². The molecule has 0 unspecified atom stereocenters. The SMILES string of the molecule is CCNC(=NCCc1csc(N2CCCC2)n1)N1CCN(Cc2cc(C)on2)CC1. The van der Waals surface area contributed by atoms with Gasteiger partial charge in [-0.25, -0.2) is 4.98 Å². The highest BCUT2D eigenvalue weighted by atomic mass is 32.1. The predicted molar refractivity (Wildman–Crippen MR) is 121 cm³/mol. The standard InChI is InChI=1S/C21H33N7OS/c1-3-22-20(23-7-6-18-16-30-21(24-18)28-8-4-5-9-28)27-12-10-26(11-13-27)15-19-14-17(2)29-25-19/h14,16H,3-13,15H2,1-2H3,(H,22,23). The smallest absolute Gasteiger partial charge is 0.194 e. The van der Waals surface area contributed by atoms with Crippen LogP contribution in [0.15, 0.2) is 21.0 Å². The molecule has 9 heteroatoms. The van der Waals surface area contributed by atoms with Crippen LogP contribution in [0.3, 0.4) is 0 Å². The minimum atomic E-state index is 0.768. The summed E-state index contributed by atoms with van der Waals surface area (Å²) >= 11 is 1.77. The van der Waals surface area contributed by atoms with Crippen LogP contribution in [0, 0.1) is 6.92 Å². The predicted octanol–water partition coefficient (Wildman–Crippen LogP) is 2.37. The lowest BCUT2D eigenvalue weighted by molar-refractivity contribution is 0.169. The quantitative estimate of drug-likeness (QED) is 0.533. The molecule has 0 aliphatic carbocycles. The summed E-state index contributed by atoms with van der Waals surface area (Å²) in [7, 11) is 0. The van der Waals surface area contributed by atoms with Crippen LogP contribution in [0.2, 0.25) is 0 Å². The largest absolute Gasteiger partial charge is 0.361 e. The number of aliphatic imine (C=N–C) groups is 1. The van der Waals surface area contributed by atoms with Gasteiger partial charge >= 0.3 is 0 Å². The summed E-state index contributed by atoms with van der Waals surface area (Å²) in [5, 5.41) is 10.9. The third kappa shape index (κ3) is 5.51. The molecule has 30 heavy (non-hydrogen) atoms. The first-order valence-corrected chi connectivity index (χ1v) is 12.0. The van der Waals surface area contributed by atoms with Crippen molar-refractivity contribution in [1.29, 1.82) is 0 Å². The van der Waals surface area contributed by atoms with Gasteiger partial charge in [0.1, 0.15) is 5.76 Å². The molecule has 0 saturated carbocycles. The molecule has 2 aliphatic heterocycles. The van der Waals surface area contributed by atoms with Gasteiger partial charge in [0.05, 0.1) is 11.4 Å². The number of thiazole rings is 1. The van der Waals surface area contributed by atoms with Crippen molar-refractivity contribution >= 4 is 22.4 Å². The van der Waals surface area contributed by atoms with Gasteiger partial charge in [-0.3, -0.25) is 9.89 Å². The van der Waals surface area contributed by atoms with Crippen LogP contribution in [-0.2, 0) is 13.0 Å². The number of piperazine rings is 1. The molecule has 2 fully saturated rings. The van der Waals surface area contributed by atoms with E-state index in [1.807, 2.05) is 13.0 Å². The second-order valence-electron chi connectivity index (χ2n) is 7.99. The number of hydrogen-bond donors (Lipinski definition) is 1. The van der Waals surface area contributed by atoms with E-state index in [1.54, 1.807) is 11.3 Å². The molecule has 4 rings (SSSR count). The van der Waals surface area contributed by atoms with Gasteiger partial charge in [-0.2, -0.15) is 0 Å². The second-order valence-corrected chi connectivity index (χ2v) is 8.83. The highest BCUT2D eigenvalue weighted by molar-refractivity contribution is 7.13. The van der Waals surface area contributed by atoms with Gasteiger partial charge in [0.2, 0.25) is 0 Å². The van der Waals surface area contributed by atoms with Crippen LogP contribution in [0.5, 0.6) is 0 Å². The second kappa shape index (κ2) is 10.3. The van der Waals surface area contributed by atoms with Crippen LogP contribution in [0.25, 0.3) is 0 Å². The lowest BCUT2D eigenvalue weighted by atomic mass is 10.3. The zero-order chi connectivity index (χ0) is 20.8. The number of hydrogen-bond acceptors (Lipinski definition) is 7. The Labute approximate surface area is 183 Å². The Kier molecular flexibility index (Phi) is 7.22. The normalized spacial score (nSPS) is 18.4. The number of aryl methyl sites for hydroxylation is 1. The fourth-order valence-corrected chi connectivity index (χ4v) is 4.92. The Hall–Kier alpha value is -2.13. The fourth-order valence-electron chi connectivity index (χ4n) is 4.01. The first-order valence-electron chi connectivity index (χ1n) is 11.1. The molecule has 164 valence electrons. The van der Waals surface area contributed by atoms with Crippen LogP contribution >= 0.6 is 11.3 Å². The minimum absolute atomic E-state index is 0.768. The topological polar surface area (TPSA) is 73.0 Å². The van der Waals surface area contributed by atoms with Crippen molar-refractivity contribution in [3.05, 3.63) is 28.6 Å². The molecular formula is C21H33N7OS. The number of aromatic nitrogens is 2. The van der Waals surface area contributed by atoms with Crippen molar-refractivity contribution in [2.24, 2.45) is 4.99 Å². The molecule has 0 radical (unpaired) electrons. The minimum Gasteiger partial charge on any atom is -0.361 e. The monoisotopic (exact) mass is 431 g/mol. The molecular weight excluding hydrogens is 398 g/mol. The summed E-state index contributed by atoms with van der Waals surface area (Å²) in [6, 6.07) is 2.02. The van der Waals surface area contributed by atoms with Gasteiger partial charge in [0.15, 0.2) is 11.1 Å².